The van der Waals surface area contributed by atoms with Gasteiger partial charge in [0.25, 0.3) is 0 Å². The average Bonchev–Trinajstić information content (AvgIpc) is 2.61. The fourth-order valence-corrected chi connectivity index (χ4v) is 2.76. The van der Waals surface area contributed by atoms with Crippen LogP contribution in [-0.2, 0) is 11.3 Å². The van der Waals surface area contributed by atoms with E-state index in [-0.39, 0.29) is 11.9 Å². The van der Waals surface area contributed by atoms with Gasteiger partial charge in [-0.1, -0.05) is 18.2 Å². The smallest absolute Gasteiger partial charge is 0.126 e. The van der Waals surface area contributed by atoms with Gasteiger partial charge in [-0.2, -0.15) is 0 Å². The van der Waals surface area contributed by atoms with Gasteiger partial charge in [0.15, 0.2) is 0 Å². The number of hydrogen-bond donors (Lipinski definition) is 0. The van der Waals surface area contributed by atoms with Crippen molar-refractivity contribution in [3.63, 3.8) is 0 Å². The van der Waals surface area contributed by atoms with E-state index in [2.05, 4.69) is 17.0 Å². The fourth-order valence-electron chi connectivity index (χ4n) is 2.76. The highest BCUT2D eigenvalue weighted by molar-refractivity contribution is 5.27. The minimum atomic E-state index is -0.293. The van der Waals surface area contributed by atoms with Crippen molar-refractivity contribution in [2.24, 2.45) is 0 Å². The second-order valence-electron chi connectivity index (χ2n) is 5.84. The van der Waals surface area contributed by atoms with Crippen molar-refractivity contribution in [1.82, 2.24) is 4.90 Å². The molecule has 3 rings (SSSR count). The molecule has 1 atom stereocenters. The van der Waals surface area contributed by atoms with Crippen molar-refractivity contribution in [3.05, 3.63) is 59.9 Å². The van der Waals surface area contributed by atoms with Crippen molar-refractivity contribution in [1.29, 1.82) is 0 Å². The summed E-state index contributed by atoms with van der Waals surface area (Å²) in [6.45, 7) is 3.64. The van der Waals surface area contributed by atoms with E-state index in [4.69, 9.17) is 14.2 Å². The number of hydrogen-bond acceptors (Lipinski definition) is 4. The minimum Gasteiger partial charge on any atom is -0.497 e. The van der Waals surface area contributed by atoms with Gasteiger partial charge < -0.3 is 14.2 Å². The lowest BCUT2D eigenvalue weighted by Crippen LogP contribution is -2.44. The van der Waals surface area contributed by atoms with E-state index >= 15 is 0 Å². The van der Waals surface area contributed by atoms with E-state index in [1.807, 2.05) is 12.1 Å². The summed E-state index contributed by atoms with van der Waals surface area (Å²) < 4.78 is 29.7. The molecule has 1 aliphatic rings. The molecule has 0 spiro atoms. The van der Waals surface area contributed by atoms with E-state index in [1.54, 1.807) is 19.2 Å². The highest BCUT2D eigenvalue weighted by atomic mass is 19.1. The van der Waals surface area contributed by atoms with Crippen LogP contribution in [0.5, 0.6) is 11.5 Å². The molecule has 24 heavy (non-hydrogen) atoms. The highest BCUT2D eigenvalue weighted by Crippen LogP contribution is 2.16. The van der Waals surface area contributed by atoms with Crippen molar-refractivity contribution < 1.29 is 18.6 Å². The number of halogens is 1. The Bertz CT molecular complexity index is 647. The van der Waals surface area contributed by atoms with E-state index in [9.17, 15) is 4.39 Å². The van der Waals surface area contributed by atoms with Crippen LogP contribution in [0.4, 0.5) is 4.39 Å². The summed E-state index contributed by atoms with van der Waals surface area (Å²) >= 11 is 0. The van der Waals surface area contributed by atoms with Crippen LogP contribution in [0.3, 0.4) is 0 Å². The summed E-state index contributed by atoms with van der Waals surface area (Å²) in [6, 6.07) is 14.3. The molecule has 0 aromatic heterocycles. The van der Waals surface area contributed by atoms with Gasteiger partial charge >= 0.3 is 0 Å². The first-order chi connectivity index (χ1) is 11.7. The van der Waals surface area contributed by atoms with Crippen molar-refractivity contribution in [2.75, 3.05) is 33.4 Å². The molecule has 0 unspecified atom stereocenters. The molecule has 2 aromatic rings. The maximum atomic E-state index is 13.2. The quantitative estimate of drug-likeness (QED) is 0.814. The van der Waals surface area contributed by atoms with Gasteiger partial charge in [0.05, 0.1) is 13.7 Å². The molecule has 1 heterocycles. The van der Waals surface area contributed by atoms with Crippen molar-refractivity contribution >= 4 is 0 Å². The van der Waals surface area contributed by atoms with E-state index < -0.39 is 0 Å². The highest BCUT2D eigenvalue weighted by Gasteiger charge is 2.21. The lowest BCUT2D eigenvalue weighted by Gasteiger charge is -2.32. The molecule has 0 amide bonds. The molecule has 0 radical (unpaired) electrons. The first-order valence-electron chi connectivity index (χ1n) is 8.08. The Labute approximate surface area is 141 Å². The Balaban J connectivity index is 1.50. The van der Waals surface area contributed by atoms with Gasteiger partial charge in [-0.3, -0.25) is 4.90 Å². The largest absolute Gasteiger partial charge is 0.497 e. The molecule has 1 saturated heterocycles. The minimum absolute atomic E-state index is 0.0136. The lowest BCUT2D eigenvalue weighted by molar-refractivity contribution is -0.0504. The summed E-state index contributed by atoms with van der Waals surface area (Å²) in [5.74, 6) is 1.10. The van der Waals surface area contributed by atoms with Gasteiger partial charge in [-0.25, -0.2) is 4.39 Å². The maximum Gasteiger partial charge on any atom is 0.126 e. The van der Waals surface area contributed by atoms with Crippen LogP contribution in [0.25, 0.3) is 0 Å². The molecule has 5 heteroatoms. The predicted octanol–water partition coefficient (Wildman–Crippen LogP) is 3.11. The van der Waals surface area contributed by atoms with Crippen molar-refractivity contribution in [2.45, 2.75) is 12.6 Å². The van der Waals surface area contributed by atoms with Crippen LogP contribution >= 0.6 is 0 Å². The molecular weight excluding hydrogens is 309 g/mol. The number of benzene rings is 2. The topological polar surface area (TPSA) is 30.9 Å². The third kappa shape index (κ3) is 4.69. The molecule has 0 N–H and O–H groups in total. The van der Waals surface area contributed by atoms with Crippen LogP contribution in [0.1, 0.15) is 5.56 Å². The number of rotatable bonds is 6. The molecule has 128 valence electrons. The van der Waals surface area contributed by atoms with Crippen LogP contribution in [-0.4, -0.2) is 44.4 Å². The first-order valence-corrected chi connectivity index (χ1v) is 8.08. The van der Waals surface area contributed by atoms with Crippen LogP contribution in [0.2, 0.25) is 0 Å². The van der Waals surface area contributed by atoms with Gasteiger partial charge in [0.1, 0.15) is 30.0 Å². The Morgan fingerprint density at radius 3 is 2.75 bits per heavy atom. The molecule has 0 aliphatic carbocycles. The first kappa shape index (κ1) is 16.7. The summed E-state index contributed by atoms with van der Waals surface area (Å²) in [6.07, 6.45) is -0.0136. The molecule has 0 saturated carbocycles. The Morgan fingerprint density at radius 2 is 2.00 bits per heavy atom. The van der Waals surface area contributed by atoms with Gasteiger partial charge in [0.2, 0.25) is 0 Å². The Morgan fingerprint density at radius 1 is 1.17 bits per heavy atom. The summed E-state index contributed by atoms with van der Waals surface area (Å²) in [7, 11) is 1.67. The molecule has 1 aliphatic heterocycles. The maximum absolute atomic E-state index is 13.2. The fraction of sp³-hybridized carbons (Fsp3) is 0.368. The van der Waals surface area contributed by atoms with Gasteiger partial charge in [0, 0.05) is 25.7 Å². The Kier molecular flexibility index (Phi) is 5.67. The van der Waals surface area contributed by atoms with Crippen LogP contribution < -0.4 is 9.47 Å². The second-order valence-corrected chi connectivity index (χ2v) is 5.84. The zero-order chi connectivity index (χ0) is 16.8. The zero-order valence-electron chi connectivity index (χ0n) is 13.8. The monoisotopic (exact) mass is 331 g/mol. The van der Waals surface area contributed by atoms with E-state index in [1.165, 1.54) is 17.7 Å². The third-order valence-corrected chi connectivity index (χ3v) is 4.02. The predicted molar refractivity (Wildman–Crippen MR) is 89.9 cm³/mol. The molecular formula is C19H22FNO3. The molecule has 0 bridgehead atoms. The number of methoxy groups -OCH3 is 1. The summed E-state index contributed by atoms with van der Waals surface area (Å²) in [5.41, 5.74) is 1.24. The molecule has 4 nitrogen and oxygen atoms in total. The number of nitrogens with zero attached hydrogens (tertiary/aromatic N) is 1. The van der Waals surface area contributed by atoms with E-state index in [0.29, 0.717) is 19.0 Å². The van der Waals surface area contributed by atoms with E-state index in [0.717, 1.165) is 25.4 Å². The third-order valence-electron chi connectivity index (χ3n) is 4.02. The molecule has 1 fully saturated rings. The summed E-state index contributed by atoms with van der Waals surface area (Å²) in [4.78, 5) is 2.34. The molecule has 2 aromatic carbocycles. The number of ether oxygens (including phenoxy) is 3. The zero-order valence-corrected chi connectivity index (χ0v) is 13.8. The van der Waals surface area contributed by atoms with Gasteiger partial charge in [-0.05, 0) is 29.8 Å². The normalized spacial score (nSPS) is 18.3. The average molecular weight is 331 g/mol. The SMILES string of the molecule is COc1ccc(CN2CCO[C@H](COc3cccc(F)c3)C2)cc1. The second kappa shape index (κ2) is 8.13. The Hall–Kier alpha value is -2.11. The van der Waals surface area contributed by atoms with Crippen LogP contribution in [0, 0.1) is 5.82 Å². The van der Waals surface area contributed by atoms with Gasteiger partial charge in [-0.15, -0.1) is 0 Å². The van der Waals surface area contributed by atoms with Crippen LogP contribution in [0.15, 0.2) is 48.5 Å². The summed E-state index contributed by atoms with van der Waals surface area (Å²) in [5, 5.41) is 0. The lowest BCUT2D eigenvalue weighted by atomic mass is 10.2. The van der Waals surface area contributed by atoms with Crippen molar-refractivity contribution in [3.8, 4) is 11.5 Å². The standard InChI is InChI=1S/C19H22FNO3/c1-22-17-7-5-15(6-8-17)12-21-9-10-23-19(13-21)14-24-18-4-2-3-16(20)11-18/h2-8,11,19H,9-10,12-14H2,1H3/t19-/m0/s1. The number of morpholine rings is 1.